The van der Waals surface area contributed by atoms with E-state index in [1.807, 2.05) is 54.0 Å². The van der Waals surface area contributed by atoms with Gasteiger partial charge in [-0.3, -0.25) is 4.79 Å². The van der Waals surface area contributed by atoms with Crippen LogP contribution in [0.4, 0.5) is 0 Å². The molecule has 0 radical (unpaired) electrons. The van der Waals surface area contributed by atoms with Gasteiger partial charge in [0.1, 0.15) is 18.0 Å². The first-order valence-electron chi connectivity index (χ1n) is 8.48. The van der Waals surface area contributed by atoms with Gasteiger partial charge in [0.05, 0.1) is 11.3 Å². The molecule has 25 heavy (non-hydrogen) atoms. The minimum absolute atomic E-state index is 0.116. The molecule has 3 aromatic rings. The number of benzene rings is 1. The SMILES string of the molecule is Cc1cccn2cc(COc3ccccc3C(=O)NCC(C)C)nc12. The van der Waals surface area contributed by atoms with E-state index in [9.17, 15) is 4.79 Å². The van der Waals surface area contributed by atoms with Gasteiger partial charge in [0.25, 0.3) is 5.91 Å². The highest BCUT2D eigenvalue weighted by atomic mass is 16.5. The Balaban J connectivity index is 1.74. The molecule has 1 amide bonds. The van der Waals surface area contributed by atoms with Gasteiger partial charge in [0.15, 0.2) is 0 Å². The molecule has 0 spiro atoms. The summed E-state index contributed by atoms with van der Waals surface area (Å²) in [6.45, 7) is 7.11. The Hall–Kier alpha value is -2.82. The number of rotatable bonds is 6. The van der Waals surface area contributed by atoms with E-state index in [0.717, 1.165) is 16.9 Å². The Morgan fingerprint density at radius 2 is 2.04 bits per heavy atom. The van der Waals surface area contributed by atoms with Crippen LogP contribution in [0.15, 0.2) is 48.8 Å². The van der Waals surface area contributed by atoms with Crippen molar-refractivity contribution in [3.8, 4) is 5.75 Å². The Bertz CT molecular complexity index is 884. The molecule has 0 aliphatic heterocycles. The van der Waals surface area contributed by atoms with E-state index in [4.69, 9.17) is 4.74 Å². The molecule has 0 aliphatic carbocycles. The Kier molecular flexibility index (Phi) is 5.03. The lowest BCUT2D eigenvalue weighted by atomic mass is 10.1. The number of hydrogen-bond donors (Lipinski definition) is 1. The molecule has 5 nitrogen and oxygen atoms in total. The molecule has 3 rings (SSSR count). The Morgan fingerprint density at radius 3 is 2.80 bits per heavy atom. The summed E-state index contributed by atoms with van der Waals surface area (Å²) in [5.41, 5.74) is 3.40. The summed E-state index contributed by atoms with van der Waals surface area (Å²) in [5, 5.41) is 2.93. The van der Waals surface area contributed by atoms with Gasteiger partial charge in [-0.05, 0) is 36.6 Å². The average molecular weight is 337 g/mol. The lowest BCUT2D eigenvalue weighted by Crippen LogP contribution is -2.27. The summed E-state index contributed by atoms with van der Waals surface area (Å²) >= 11 is 0. The zero-order chi connectivity index (χ0) is 17.8. The number of para-hydroxylation sites is 1. The summed E-state index contributed by atoms with van der Waals surface area (Å²) in [7, 11) is 0. The van der Waals surface area contributed by atoms with Crippen LogP contribution < -0.4 is 10.1 Å². The lowest BCUT2D eigenvalue weighted by molar-refractivity contribution is 0.0944. The molecule has 0 aliphatic rings. The standard InChI is InChI=1S/C20H23N3O2/c1-14(2)11-21-20(24)17-8-4-5-9-18(17)25-13-16-12-23-10-6-7-15(3)19(23)22-16/h4-10,12,14H,11,13H2,1-3H3,(H,21,24). The van der Waals surface area contributed by atoms with Crippen molar-refractivity contribution in [2.24, 2.45) is 5.92 Å². The van der Waals surface area contributed by atoms with Gasteiger partial charge in [-0.1, -0.05) is 32.0 Å². The van der Waals surface area contributed by atoms with Crippen molar-refractivity contribution >= 4 is 11.6 Å². The number of imidazole rings is 1. The van der Waals surface area contributed by atoms with E-state index >= 15 is 0 Å². The normalized spacial score (nSPS) is 11.0. The number of fused-ring (bicyclic) bond motifs is 1. The van der Waals surface area contributed by atoms with Crippen LogP contribution in [-0.2, 0) is 6.61 Å². The number of nitrogens with zero attached hydrogens (tertiary/aromatic N) is 2. The minimum atomic E-state index is -0.116. The van der Waals surface area contributed by atoms with E-state index in [1.165, 1.54) is 0 Å². The molecule has 2 heterocycles. The summed E-state index contributed by atoms with van der Waals surface area (Å²) in [5.74, 6) is 0.853. The van der Waals surface area contributed by atoms with Gasteiger partial charge >= 0.3 is 0 Å². The van der Waals surface area contributed by atoms with Gasteiger partial charge in [0.2, 0.25) is 0 Å². The van der Waals surface area contributed by atoms with Crippen LogP contribution in [0.25, 0.3) is 5.65 Å². The number of carbonyl (C=O) groups excluding carboxylic acids is 1. The Labute approximate surface area is 147 Å². The molecule has 0 unspecified atom stereocenters. The smallest absolute Gasteiger partial charge is 0.255 e. The van der Waals surface area contributed by atoms with Crippen molar-refractivity contribution in [3.63, 3.8) is 0 Å². The second-order valence-corrected chi connectivity index (χ2v) is 6.54. The van der Waals surface area contributed by atoms with Crippen LogP contribution in [-0.4, -0.2) is 21.8 Å². The summed E-state index contributed by atoms with van der Waals surface area (Å²) < 4.78 is 7.87. The zero-order valence-electron chi connectivity index (χ0n) is 14.8. The monoisotopic (exact) mass is 337 g/mol. The largest absolute Gasteiger partial charge is 0.486 e. The van der Waals surface area contributed by atoms with E-state index in [-0.39, 0.29) is 5.91 Å². The molecule has 5 heteroatoms. The van der Waals surface area contributed by atoms with Crippen molar-refractivity contribution in [2.75, 3.05) is 6.54 Å². The maximum Gasteiger partial charge on any atom is 0.255 e. The van der Waals surface area contributed by atoms with E-state index < -0.39 is 0 Å². The quantitative estimate of drug-likeness (QED) is 0.747. The number of aryl methyl sites for hydroxylation is 1. The van der Waals surface area contributed by atoms with Crippen LogP contribution >= 0.6 is 0 Å². The number of amides is 1. The van der Waals surface area contributed by atoms with Crippen molar-refractivity contribution in [3.05, 3.63) is 65.6 Å². The summed E-state index contributed by atoms with van der Waals surface area (Å²) in [4.78, 5) is 17.0. The van der Waals surface area contributed by atoms with Crippen molar-refractivity contribution < 1.29 is 9.53 Å². The molecular weight excluding hydrogens is 314 g/mol. The fraction of sp³-hybridized carbons (Fsp3) is 0.300. The second kappa shape index (κ2) is 7.38. The maximum atomic E-state index is 12.4. The van der Waals surface area contributed by atoms with E-state index in [0.29, 0.717) is 30.4 Å². The van der Waals surface area contributed by atoms with Crippen LogP contribution in [0, 0.1) is 12.8 Å². The number of ether oxygens (including phenoxy) is 1. The maximum absolute atomic E-state index is 12.4. The molecule has 0 bridgehead atoms. The highest BCUT2D eigenvalue weighted by Crippen LogP contribution is 2.20. The third-order valence-corrected chi connectivity index (χ3v) is 3.91. The molecule has 1 N–H and O–H groups in total. The number of carbonyl (C=O) groups is 1. The molecule has 0 fully saturated rings. The third kappa shape index (κ3) is 3.99. The second-order valence-electron chi connectivity index (χ2n) is 6.54. The summed E-state index contributed by atoms with van der Waals surface area (Å²) in [6, 6.07) is 11.3. The molecule has 2 aromatic heterocycles. The molecule has 0 saturated heterocycles. The molecule has 130 valence electrons. The first kappa shape index (κ1) is 17.0. The van der Waals surface area contributed by atoms with Crippen LogP contribution in [0.5, 0.6) is 5.75 Å². The number of hydrogen-bond acceptors (Lipinski definition) is 3. The van der Waals surface area contributed by atoms with Gasteiger partial charge in [-0.25, -0.2) is 4.98 Å². The lowest BCUT2D eigenvalue weighted by Gasteiger charge is -2.12. The van der Waals surface area contributed by atoms with E-state index in [2.05, 4.69) is 24.1 Å². The number of nitrogens with one attached hydrogen (secondary N) is 1. The molecular formula is C20H23N3O2. The zero-order valence-corrected chi connectivity index (χ0v) is 14.8. The van der Waals surface area contributed by atoms with Crippen molar-refractivity contribution in [1.29, 1.82) is 0 Å². The molecule has 0 atom stereocenters. The first-order valence-corrected chi connectivity index (χ1v) is 8.48. The van der Waals surface area contributed by atoms with Crippen LogP contribution in [0.1, 0.15) is 35.5 Å². The number of aromatic nitrogens is 2. The van der Waals surface area contributed by atoms with Crippen molar-refractivity contribution in [2.45, 2.75) is 27.4 Å². The van der Waals surface area contributed by atoms with Gasteiger partial charge in [0, 0.05) is 18.9 Å². The van der Waals surface area contributed by atoms with E-state index in [1.54, 1.807) is 6.07 Å². The van der Waals surface area contributed by atoms with Gasteiger partial charge in [-0.15, -0.1) is 0 Å². The van der Waals surface area contributed by atoms with Crippen LogP contribution in [0.2, 0.25) is 0 Å². The minimum Gasteiger partial charge on any atom is -0.486 e. The van der Waals surface area contributed by atoms with Gasteiger partial charge < -0.3 is 14.5 Å². The third-order valence-electron chi connectivity index (χ3n) is 3.91. The topological polar surface area (TPSA) is 55.6 Å². The highest BCUT2D eigenvalue weighted by Gasteiger charge is 2.13. The fourth-order valence-corrected chi connectivity index (χ4v) is 2.60. The number of pyridine rings is 1. The molecule has 1 aromatic carbocycles. The fourth-order valence-electron chi connectivity index (χ4n) is 2.60. The predicted octanol–water partition coefficient (Wildman–Crippen LogP) is 3.61. The Morgan fingerprint density at radius 1 is 1.24 bits per heavy atom. The van der Waals surface area contributed by atoms with Crippen LogP contribution in [0.3, 0.4) is 0 Å². The predicted molar refractivity (Wildman–Crippen MR) is 97.9 cm³/mol. The van der Waals surface area contributed by atoms with Gasteiger partial charge in [-0.2, -0.15) is 0 Å². The first-order chi connectivity index (χ1) is 12.0. The molecule has 0 saturated carbocycles. The highest BCUT2D eigenvalue weighted by molar-refractivity contribution is 5.96. The summed E-state index contributed by atoms with van der Waals surface area (Å²) in [6.07, 6.45) is 3.91. The van der Waals surface area contributed by atoms with Crippen molar-refractivity contribution in [1.82, 2.24) is 14.7 Å². The average Bonchev–Trinajstić information content (AvgIpc) is 3.02.